The lowest BCUT2D eigenvalue weighted by atomic mass is 10.0. The van der Waals surface area contributed by atoms with Crippen LogP contribution in [0.2, 0.25) is 6.04 Å². The van der Waals surface area contributed by atoms with Crippen LogP contribution in [-0.4, -0.2) is 52.2 Å². The maximum absolute atomic E-state index is 6.19. The molecule has 0 amide bonds. The molecule has 0 heterocycles. The first kappa shape index (κ1) is 48.1. The summed E-state index contributed by atoms with van der Waals surface area (Å²) in [6.07, 6.45) is 40.9. The van der Waals surface area contributed by atoms with Crippen molar-refractivity contribution < 1.29 is 13.3 Å². The molecule has 290 valence electrons. The molecule has 48 heavy (non-hydrogen) atoms. The summed E-state index contributed by atoms with van der Waals surface area (Å²) in [5.74, 6) is 0. The molecule has 0 fully saturated rings. The first-order chi connectivity index (χ1) is 23.5. The van der Waals surface area contributed by atoms with Crippen molar-refractivity contribution >= 4 is 8.80 Å². The van der Waals surface area contributed by atoms with E-state index in [1.54, 1.807) is 0 Å². The average Bonchev–Trinajstić information content (AvgIpc) is 3.07. The number of unbranched alkanes of at least 4 members (excludes halogenated alkanes) is 24. The van der Waals surface area contributed by atoms with Crippen LogP contribution >= 0.6 is 0 Å². The molecule has 4 nitrogen and oxygen atoms in total. The fourth-order valence-corrected chi connectivity index (χ4v) is 10.2. The predicted octanol–water partition coefficient (Wildman–Crippen LogP) is 14.5. The standard InChI is InChI=1S/C43H91NO3Si/c1-8-13-15-17-19-21-23-25-27-29-31-33-35-38-42(6)44(40-37-41-48(45-10-3,46-11-4)47-12-5)43(7)39-36-34-32-30-28-26-24-22-20-18-16-14-9-2/h42-43H,8-41H2,1-7H3. The van der Waals surface area contributed by atoms with Crippen molar-refractivity contribution in [1.82, 2.24) is 4.90 Å². The molecule has 2 unspecified atom stereocenters. The molecule has 0 saturated heterocycles. The molecule has 0 aromatic rings. The molecule has 0 aromatic carbocycles. The van der Waals surface area contributed by atoms with E-state index in [0.29, 0.717) is 31.9 Å². The van der Waals surface area contributed by atoms with Crippen LogP contribution in [0.5, 0.6) is 0 Å². The lowest BCUT2D eigenvalue weighted by Gasteiger charge is -2.36. The van der Waals surface area contributed by atoms with Crippen LogP contribution in [0, 0.1) is 0 Å². The van der Waals surface area contributed by atoms with E-state index < -0.39 is 8.80 Å². The predicted molar refractivity (Wildman–Crippen MR) is 216 cm³/mol. The monoisotopic (exact) mass is 698 g/mol. The Balaban J connectivity index is 4.55. The molecule has 0 N–H and O–H groups in total. The van der Waals surface area contributed by atoms with Gasteiger partial charge in [0.15, 0.2) is 0 Å². The molecular formula is C43H91NO3Si. The Morgan fingerprint density at radius 3 is 0.917 bits per heavy atom. The summed E-state index contributed by atoms with van der Waals surface area (Å²) < 4.78 is 18.6. The third kappa shape index (κ3) is 28.7. The fraction of sp³-hybridized carbons (Fsp3) is 1.00. The van der Waals surface area contributed by atoms with Crippen molar-refractivity contribution in [1.29, 1.82) is 0 Å². The second-order valence-corrected chi connectivity index (χ2v) is 17.8. The SMILES string of the molecule is CCCCCCCCCCCCCCCC(C)N(CCC[Si](OCC)(OCC)OCC)C(C)CCCCCCCCCCCCCCC. The highest BCUT2D eigenvalue weighted by Gasteiger charge is 2.40. The normalized spacial score (nSPS) is 13.5. The lowest BCUT2D eigenvalue weighted by Crippen LogP contribution is -2.47. The highest BCUT2D eigenvalue weighted by atomic mass is 28.4. The highest BCUT2D eigenvalue weighted by molar-refractivity contribution is 6.60. The quantitative estimate of drug-likeness (QED) is 0.0471. The molecule has 0 aliphatic rings. The van der Waals surface area contributed by atoms with Gasteiger partial charge in [0.2, 0.25) is 0 Å². The van der Waals surface area contributed by atoms with Gasteiger partial charge in [0.25, 0.3) is 0 Å². The Morgan fingerprint density at radius 1 is 0.375 bits per heavy atom. The van der Waals surface area contributed by atoms with Gasteiger partial charge in [-0.15, -0.1) is 0 Å². The van der Waals surface area contributed by atoms with Gasteiger partial charge in [-0.05, 0) is 60.4 Å². The van der Waals surface area contributed by atoms with Gasteiger partial charge in [0, 0.05) is 37.9 Å². The Morgan fingerprint density at radius 2 is 0.646 bits per heavy atom. The molecular weight excluding hydrogens is 607 g/mol. The molecule has 0 aliphatic heterocycles. The van der Waals surface area contributed by atoms with Gasteiger partial charge in [0.1, 0.15) is 0 Å². The van der Waals surface area contributed by atoms with E-state index in [-0.39, 0.29) is 0 Å². The zero-order valence-electron chi connectivity index (χ0n) is 34.4. The molecule has 0 radical (unpaired) electrons. The summed E-state index contributed by atoms with van der Waals surface area (Å²) in [5.41, 5.74) is 0. The molecule has 0 rings (SSSR count). The van der Waals surface area contributed by atoms with Crippen LogP contribution in [0.1, 0.15) is 235 Å². The van der Waals surface area contributed by atoms with Gasteiger partial charge in [-0.25, -0.2) is 0 Å². The minimum absolute atomic E-state index is 0.636. The minimum atomic E-state index is -2.58. The molecule has 0 bridgehead atoms. The van der Waals surface area contributed by atoms with Crippen LogP contribution < -0.4 is 0 Å². The van der Waals surface area contributed by atoms with E-state index in [4.69, 9.17) is 13.3 Å². The zero-order chi connectivity index (χ0) is 35.4. The topological polar surface area (TPSA) is 30.9 Å². The highest BCUT2D eigenvalue weighted by Crippen LogP contribution is 2.23. The van der Waals surface area contributed by atoms with Crippen molar-refractivity contribution in [2.24, 2.45) is 0 Å². The van der Waals surface area contributed by atoms with E-state index in [0.717, 1.165) is 19.0 Å². The minimum Gasteiger partial charge on any atom is -0.374 e. The Bertz CT molecular complexity index is 568. The average molecular weight is 698 g/mol. The summed E-state index contributed by atoms with van der Waals surface area (Å²) in [6, 6.07) is 2.20. The Labute approximate surface area is 305 Å². The summed E-state index contributed by atoms with van der Waals surface area (Å²) in [6.45, 7) is 19.0. The molecule has 0 saturated carbocycles. The van der Waals surface area contributed by atoms with E-state index in [2.05, 4.69) is 53.4 Å². The summed E-state index contributed by atoms with van der Waals surface area (Å²) in [5, 5.41) is 0. The third-order valence-corrected chi connectivity index (χ3v) is 13.7. The largest absolute Gasteiger partial charge is 0.500 e. The van der Waals surface area contributed by atoms with Crippen molar-refractivity contribution in [2.45, 2.75) is 253 Å². The van der Waals surface area contributed by atoms with E-state index in [1.807, 2.05) is 0 Å². The maximum Gasteiger partial charge on any atom is 0.500 e. The first-order valence-corrected chi connectivity index (χ1v) is 24.1. The van der Waals surface area contributed by atoms with E-state index >= 15 is 0 Å². The van der Waals surface area contributed by atoms with Gasteiger partial charge in [-0.2, -0.15) is 0 Å². The summed E-state index contributed by atoms with van der Waals surface area (Å²) >= 11 is 0. The van der Waals surface area contributed by atoms with Crippen LogP contribution in [0.4, 0.5) is 0 Å². The fourth-order valence-electron chi connectivity index (χ4n) is 7.60. The van der Waals surface area contributed by atoms with Crippen LogP contribution in [0.3, 0.4) is 0 Å². The molecule has 2 atom stereocenters. The van der Waals surface area contributed by atoms with Crippen LogP contribution in [0.15, 0.2) is 0 Å². The number of hydrogen-bond donors (Lipinski definition) is 0. The maximum atomic E-state index is 6.19. The smallest absolute Gasteiger partial charge is 0.374 e. The van der Waals surface area contributed by atoms with Gasteiger partial charge in [0.05, 0.1) is 0 Å². The molecule has 5 heteroatoms. The van der Waals surface area contributed by atoms with E-state index in [9.17, 15) is 0 Å². The van der Waals surface area contributed by atoms with Crippen LogP contribution in [-0.2, 0) is 13.3 Å². The first-order valence-electron chi connectivity index (χ1n) is 22.2. The summed E-state index contributed by atoms with van der Waals surface area (Å²) in [7, 11) is -2.58. The second kappa shape index (κ2) is 36.8. The van der Waals surface area contributed by atoms with Crippen molar-refractivity contribution in [3.8, 4) is 0 Å². The Hall–Kier alpha value is 0.0569. The number of nitrogens with zero attached hydrogens (tertiary/aromatic N) is 1. The van der Waals surface area contributed by atoms with E-state index in [1.165, 1.54) is 180 Å². The van der Waals surface area contributed by atoms with Gasteiger partial charge >= 0.3 is 8.80 Å². The molecule has 0 aliphatic carbocycles. The van der Waals surface area contributed by atoms with Crippen LogP contribution in [0.25, 0.3) is 0 Å². The molecule has 0 aromatic heterocycles. The van der Waals surface area contributed by atoms with Gasteiger partial charge in [-0.3, -0.25) is 4.90 Å². The van der Waals surface area contributed by atoms with Crippen molar-refractivity contribution in [3.63, 3.8) is 0 Å². The number of hydrogen-bond acceptors (Lipinski definition) is 4. The lowest BCUT2D eigenvalue weighted by molar-refractivity contribution is 0.0677. The third-order valence-electron chi connectivity index (χ3n) is 10.6. The van der Waals surface area contributed by atoms with Crippen molar-refractivity contribution in [3.05, 3.63) is 0 Å². The van der Waals surface area contributed by atoms with Gasteiger partial charge in [-0.1, -0.05) is 181 Å². The second-order valence-electron chi connectivity index (χ2n) is 15.1. The van der Waals surface area contributed by atoms with Crippen molar-refractivity contribution in [2.75, 3.05) is 26.4 Å². The zero-order valence-corrected chi connectivity index (χ0v) is 35.4. The molecule has 0 spiro atoms. The number of rotatable bonds is 40. The Kier molecular flexibility index (Phi) is 36.9. The van der Waals surface area contributed by atoms with Gasteiger partial charge < -0.3 is 13.3 Å². The summed E-state index contributed by atoms with van der Waals surface area (Å²) in [4.78, 5) is 2.84.